The molecule has 20 heavy (non-hydrogen) atoms. The summed E-state index contributed by atoms with van der Waals surface area (Å²) in [6.45, 7) is 6.83. The summed E-state index contributed by atoms with van der Waals surface area (Å²) in [6, 6.07) is 7.54. The lowest BCUT2D eigenvalue weighted by Gasteiger charge is -2.33. The fourth-order valence-corrected chi connectivity index (χ4v) is 2.48. The number of benzene rings is 1. The Bertz CT molecular complexity index is 437. The monoisotopic (exact) mass is 362 g/mol. The van der Waals surface area contributed by atoms with E-state index in [-0.39, 0.29) is 24.9 Å². The molecule has 0 unspecified atom stereocenters. The van der Waals surface area contributed by atoms with E-state index >= 15 is 0 Å². The van der Waals surface area contributed by atoms with Crippen LogP contribution in [0.15, 0.2) is 28.7 Å². The van der Waals surface area contributed by atoms with Gasteiger partial charge in [-0.05, 0) is 24.7 Å². The molecule has 1 aromatic carbocycles. The highest BCUT2D eigenvalue weighted by atomic mass is 79.9. The van der Waals surface area contributed by atoms with Crippen LogP contribution in [-0.2, 0) is 4.79 Å². The molecule has 1 saturated heterocycles. The Morgan fingerprint density at radius 3 is 2.60 bits per heavy atom. The molecule has 4 nitrogen and oxygen atoms in total. The van der Waals surface area contributed by atoms with Gasteiger partial charge in [0.15, 0.2) is 6.61 Å². The van der Waals surface area contributed by atoms with Gasteiger partial charge in [0.2, 0.25) is 0 Å². The van der Waals surface area contributed by atoms with E-state index in [0.717, 1.165) is 42.9 Å². The average molecular weight is 364 g/mol. The highest BCUT2D eigenvalue weighted by molar-refractivity contribution is 9.10. The maximum atomic E-state index is 12.0. The van der Waals surface area contributed by atoms with Crippen LogP contribution in [0.25, 0.3) is 0 Å². The molecule has 0 atom stereocenters. The maximum Gasteiger partial charge on any atom is 0.260 e. The molecule has 1 heterocycles. The van der Waals surface area contributed by atoms with Crippen LogP contribution in [0, 0.1) is 0 Å². The van der Waals surface area contributed by atoms with Crippen molar-refractivity contribution in [1.82, 2.24) is 9.80 Å². The number of likely N-dealkylation sites (N-methyl/N-ethyl adjacent to an activating group) is 1. The predicted octanol–water partition coefficient (Wildman–Crippen LogP) is 2.41. The second-order valence-corrected chi connectivity index (χ2v) is 5.48. The first-order chi connectivity index (χ1) is 9.19. The number of hydrogen-bond acceptors (Lipinski definition) is 3. The van der Waals surface area contributed by atoms with Crippen LogP contribution in [0.2, 0.25) is 0 Å². The minimum atomic E-state index is 0. The Labute approximate surface area is 134 Å². The summed E-state index contributed by atoms with van der Waals surface area (Å²) in [4.78, 5) is 16.2. The SMILES string of the molecule is CCN1CCN(C(=O)COc2cccc(Br)c2)CC1.Cl. The number of rotatable bonds is 4. The molecule has 0 N–H and O–H groups in total. The molecule has 0 radical (unpaired) electrons. The topological polar surface area (TPSA) is 32.8 Å². The van der Waals surface area contributed by atoms with Crippen LogP contribution in [0.4, 0.5) is 0 Å². The highest BCUT2D eigenvalue weighted by Gasteiger charge is 2.20. The summed E-state index contributed by atoms with van der Waals surface area (Å²) in [6.07, 6.45) is 0. The van der Waals surface area contributed by atoms with E-state index in [1.807, 2.05) is 29.2 Å². The van der Waals surface area contributed by atoms with E-state index in [1.54, 1.807) is 0 Å². The maximum absolute atomic E-state index is 12.0. The van der Waals surface area contributed by atoms with Crippen molar-refractivity contribution in [2.75, 3.05) is 39.3 Å². The number of carbonyl (C=O) groups excluding carboxylic acids is 1. The smallest absolute Gasteiger partial charge is 0.260 e. The first kappa shape index (κ1) is 17.3. The van der Waals surface area contributed by atoms with Crippen LogP contribution in [-0.4, -0.2) is 55.0 Å². The molecule has 1 aromatic rings. The molecule has 0 aliphatic carbocycles. The Morgan fingerprint density at radius 1 is 1.30 bits per heavy atom. The van der Waals surface area contributed by atoms with E-state index in [4.69, 9.17) is 4.74 Å². The molecule has 1 aliphatic heterocycles. The Morgan fingerprint density at radius 2 is 2.00 bits per heavy atom. The molecule has 0 spiro atoms. The average Bonchev–Trinajstić information content (AvgIpc) is 2.45. The van der Waals surface area contributed by atoms with Gasteiger partial charge >= 0.3 is 0 Å². The molecule has 0 saturated carbocycles. The molecule has 1 fully saturated rings. The molecule has 1 amide bonds. The van der Waals surface area contributed by atoms with Gasteiger partial charge in [0, 0.05) is 30.7 Å². The minimum Gasteiger partial charge on any atom is -0.484 e. The van der Waals surface area contributed by atoms with Crippen molar-refractivity contribution >= 4 is 34.2 Å². The van der Waals surface area contributed by atoms with Crippen LogP contribution < -0.4 is 4.74 Å². The molecular formula is C14H20BrClN2O2. The molecular weight excluding hydrogens is 344 g/mol. The van der Waals surface area contributed by atoms with E-state index in [1.165, 1.54) is 0 Å². The molecule has 112 valence electrons. The molecule has 0 bridgehead atoms. The number of amides is 1. The van der Waals surface area contributed by atoms with Crippen LogP contribution >= 0.6 is 28.3 Å². The van der Waals surface area contributed by atoms with Crippen LogP contribution in [0.5, 0.6) is 5.75 Å². The fraction of sp³-hybridized carbons (Fsp3) is 0.500. The zero-order valence-electron chi connectivity index (χ0n) is 11.5. The van der Waals surface area contributed by atoms with Crippen LogP contribution in [0.3, 0.4) is 0 Å². The van der Waals surface area contributed by atoms with Crippen molar-refractivity contribution in [2.24, 2.45) is 0 Å². The van der Waals surface area contributed by atoms with Crippen molar-refractivity contribution in [3.8, 4) is 5.75 Å². The first-order valence-electron chi connectivity index (χ1n) is 6.57. The quantitative estimate of drug-likeness (QED) is 0.823. The second kappa shape index (κ2) is 8.49. The third kappa shape index (κ3) is 4.96. The summed E-state index contributed by atoms with van der Waals surface area (Å²) >= 11 is 3.38. The third-order valence-corrected chi connectivity index (χ3v) is 3.82. The summed E-state index contributed by atoms with van der Waals surface area (Å²) in [7, 11) is 0. The zero-order chi connectivity index (χ0) is 13.7. The Balaban J connectivity index is 0.00000200. The third-order valence-electron chi connectivity index (χ3n) is 3.33. The number of halogens is 2. The summed E-state index contributed by atoms with van der Waals surface area (Å²) in [5.41, 5.74) is 0. The lowest BCUT2D eigenvalue weighted by molar-refractivity contribution is -0.135. The van der Waals surface area contributed by atoms with E-state index in [0.29, 0.717) is 0 Å². The minimum absolute atomic E-state index is 0. The molecule has 0 aromatic heterocycles. The largest absolute Gasteiger partial charge is 0.484 e. The Kier molecular flexibility index (Phi) is 7.34. The number of hydrogen-bond donors (Lipinski definition) is 0. The van der Waals surface area contributed by atoms with E-state index in [2.05, 4.69) is 27.8 Å². The van der Waals surface area contributed by atoms with E-state index < -0.39 is 0 Å². The first-order valence-corrected chi connectivity index (χ1v) is 7.37. The number of ether oxygens (including phenoxy) is 1. The second-order valence-electron chi connectivity index (χ2n) is 4.56. The number of carbonyl (C=O) groups is 1. The van der Waals surface area contributed by atoms with Crippen molar-refractivity contribution in [3.63, 3.8) is 0 Å². The fourth-order valence-electron chi connectivity index (χ4n) is 2.11. The van der Waals surface area contributed by atoms with Gasteiger partial charge in [0.25, 0.3) is 5.91 Å². The number of piperazine rings is 1. The van der Waals surface area contributed by atoms with Gasteiger partial charge in [-0.2, -0.15) is 0 Å². The summed E-state index contributed by atoms with van der Waals surface area (Å²) in [5.74, 6) is 0.783. The van der Waals surface area contributed by atoms with Gasteiger partial charge in [0.1, 0.15) is 5.75 Å². The van der Waals surface area contributed by atoms with Gasteiger partial charge < -0.3 is 14.5 Å². The van der Waals surface area contributed by atoms with Gasteiger partial charge in [-0.3, -0.25) is 4.79 Å². The van der Waals surface area contributed by atoms with Gasteiger partial charge in [-0.25, -0.2) is 0 Å². The van der Waals surface area contributed by atoms with Crippen molar-refractivity contribution in [3.05, 3.63) is 28.7 Å². The van der Waals surface area contributed by atoms with Gasteiger partial charge in [-0.15, -0.1) is 12.4 Å². The highest BCUT2D eigenvalue weighted by Crippen LogP contribution is 2.17. The van der Waals surface area contributed by atoms with Crippen LogP contribution in [0.1, 0.15) is 6.92 Å². The van der Waals surface area contributed by atoms with Crippen molar-refractivity contribution in [2.45, 2.75) is 6.92 Å². The normalized spacial score (nSPS) is 15.6. The van der Waals surface area contributed by atoms with Crippen molar-refractivity contribution < 1.29 is 9.53 Å². The number of nitrogens with zero attached hydrogens (tertiary/aromatic N) is 2. The summed E-state index contributed by atoms with van der Waals surface area (Å²) in [5, 5.41) is 0. The summed E-state index contributed by atoms with van der Waals surface area (Å²) < 4.78 is 6.47. The Hall–Kier alpha value is -0.780. The molecule has 6 heteroatoms. The molecule has 1 aliphatic rings. The lowest BCUT2D eigenvalue weighted by atomic mass is 10.3. The van der Waals surface area contributed by atoms with Crippen molar-refractivity contribution in [1.29, 1.82) is 0 Å². The van der Waals surface area contributed by atoms with E-state index in [9.17, 15) is 4.79 Å². The van der Waals surface area contributed by atoms with Gasteiger partial charge in [-0.1, -0.05) is 28.9 Å². The lowest BCUT2D eigenvalue weighted by Crippen LogP contribution is -2.49. The van der Waals surface area contributed by atoms with Gasteiger partial charge in [0.05, 0.1) is 0 Å². The standard InChI is InChI=1S/C14H19BrN2O2.ClH/c1-2-16-6-8-17(9-7-16)14(18)11-19-13-5-3-4-12(15)10-13;/h3-5,10H,2,6-9,11H2,1H3;1H. The predicted molar refractivity (Wildman–Crippen MR) is 85.6 cm³/mol. The zero-order valence-corrected chi connectivity index (χ0v) is 14.0. The molecule has 2 rings (SSSR count).